The molecule has 1 aromatic carbocycles. The van der Waals surface area contributed by atoms with Crippen molar-refractivity contribution in [3.8, 4) is 11.3 Å². The molecule has 0 spiro atoms. The summed E-state index contributed by atoms with van der Waals surface area (Å²) in [7, 11) is -0.154. The number of aryl methyl sites for hydroxylation is 3. The summed E-state index contributed by atoms with van der Waals surface area (Å²) in [6.07, 6.45) is 16.5. The molecule has 2 nitrogen and oxygen atoms in total. The molecule has 2 aliphatic carbocycles. The molecule has 0 radical (unpaired) electrons. The molecule has 2 aliphatic rings. The molecule has 146 valence electrons. The molecular formula is C24H35N2P. The first-order chi connectivity index (χ1) is 13.1. The van der Waals surface area contributed by atoms with E-state index < -0.39 is 0 Å². The van der Waals surface area contributed by atoms with Crippen molar-refractivity contribution < 1.29 is 0 Å². The Morgan fingerprint density at radius 3 is 1.85 bits per heavy atom. The molecule has 2 saturated carbocycles. The Morgan fingerprint density at radius 2 is 1.33 bits per heavy atom. The van der Waals surface area contributed by atoms with E-state index in [2.05, 4.69) is 44.1 Å². The maximum absolute atomic E-state index is 5.02. The number of H-pyrrole nitrogens is 1. The van der Waals surface area contributed by atoms with Gasteiger partial charge in [-0.2, -0.15) is 0 Å². The van der Waals surface area contributed by atoms with Gasteiger partial charge in [-0.1, -0.05) is 56.2 Å². The Hall–Kier alpha value is -1.14. The predicted octanol–water partition coefficient (Wildman–Crippen LogP) is 6.77. The van der Waals surface area contributed by atoms with Gasteiger partial charge in [-0.3, -0.25) is 0 Å². The van der Waals surface area contributed by atoms with Gasteiger partial charge in [-0.25, -0.2) is 4.98 Å². The van der Waals surface area contributed by atoms with Crippen molar-refractivity contribution in [3.63, 3.8) is 0 Å². The Balaban J connectivity index is 1.67. The third-order valence-electron chi connectivity index (χ3n) is 6.69. The van der Waals surface area contributed by atoms with Gasteiger partial charge in [-0.05, 0) is 76.8 Å². The van der Waals surface area contributed by atoms with Gasteiger partial charge in [0.2, 0.25) is 0 Å². The summed E-state index contributed by atoms with van der Waals surface area (Å²) in [5.41, 5.74) is 9.82. The SMILES string of the molecule is Cc1cc(C)c(-c2cnc(P(C3CCCCC3)C3CCCCC3)[nH]2)c(C)c1. The highest BCUT2D eigenvalue weighted by Crippen LogP contribution is 2.54. The van der Waals surface area contributed by atoms with Crippen LogP contribution in [0.4, 0.5) is 0 Å². The van der Waals surface area contributed by atoms with Crippen LogP contribution in [0.3, 0.4) is 0 Å². The lowest BCUT2D eigenvalue weighted by molar-refractivity contribution is 0.486. The molecule has 1 heterocycles. The fraction of sp³-hybridized carbons (Fsp3) is 0.625. The summed E-state index contributed by atoms with van der Waals surface area (Å²) in [6, 6.07) is 4.60. The van der Waals surface area contributed by atoms with Gasteiger partial charge in [0.1, 0.15) is 5.57 Å². The second kappa shape index (κ2) is 8.48. The van der Waals surface area contributed by atoms with E-state index >= 15 is 0 Å². The van der Waals surface area contributed by atoms with Crippen molar-refractivity contribution in [2.75, 3.05) is 0 Å². The summed E-state index contributed by atoms with van der Waals surface area (Å²) in [6.45, 7) is 6.66. The van der Waals surface area contributed by atoms with Crippen LogP contribution in [0.15, 0.2) is 18.3 Å². The number of hydrogen-bond acceptors (Lipinski definition) is 1. The standard InChI is InChI=1S/C24H35N2P/c1-17-14-18(2)23(19(3)15-17)22-16-25-24(26-22)27(20-10-6-4-7-11-20)21-12-8-5-9-13-21/h14-16,20-21H,4-13H2,1-3H3,(H,25,26). The molecule has 0 atom stereocenters. The molecule has 0 aliphatic heterocycles. The third-order valence-corrected chi connectivity index (χ3v) is 10.0. The van der Waals surface area contributed by atoms with E-state index in [4.69, 9.17) is 4.98 Å². The lowest BCUT2D eigenvalue weighted by Crippen LogP contribution is -2.27. The average Bonchev–Trinajstić information content (AvgIpc) is 3.12. The van der Waals surface area contributed by atoms with Crippen molar-refractivity contribution in [3.05, 3.63) is 35.0 Å². The number of nitrogens with one attached hydrogen (secondary N) is 1. The van der Waals surface area contributed by atoms with Crippen LogP contribution in [-0.2, 0) is 0 Å². The minimum absolute atomic E-state index is 0.154. The van der Waals surface area contributed by atoms with Crippen LogP contribution in [0, 0.1) is 20.8 Å². The number of hydrogen-bond donors (Lipinski definition) is 1. The monoisotopic (exact) mass is 382 g/mol. The van der Waals surface area contributed by atoms with Gasteiger partial charge in [0.25, 0.3) is 0 Å². The zero-order valence-corrected chi connectivity index (χ0v) is 18.2. The maximum atomic E-state index is 5.02. The molecule has 2 fully saturated rings. The van der Waals surface area contributed by atoms with Crippen LogP contribution in [0.1, 0.15) is 80.9 Å². The van der Waals surface area contributed by atoms with E-state index in [0.29, 0.717) is 0 Å². The maximum Gasteiger partial charge on any atom is 0.129 e. The summed E-state index contributed by atoms with van der Waals surface area (Å²) in [5, 5.41) is 0. The fourth-order valence-electron chi connectivity index (χ4n) is 5.54. The Bertz CT molecular complexity index is 725. The van der Waals surface area contributed by atoms with Gasteiger partial charge in [0.05, 0.1) is 11.9 Å². The molecule has 27 heavy (non-hydrogen) atoms. The van der Waals surface area contributed by atoms with E-state index in [1.807, 2.05) is 0 Å². The Morgan fingerprint density at radius 1 is 0.815 bits per heavy atom. The minimum atomic E-state index is -0.154. The molecule has 0 unspecified atom stereocenters. The van der Waals surface area contributed by atoms with Crippen LogP contribution < -0.4 is 5.57 Å². The minimum Gasteiger partial charge on any atom is -0.338 e. The van der Waals surface area contributed by atoms with Crippen molar-refractivity contribution in [1.29, 1.82) is 0 Å². The van der Waals surface area contributed by atoms with Gasteiger partial charge in [0, 0.05) is 5.56 Å². The quantitative estimate of drug-likeness (QED) is 0.580. The second-order valence-electron chi connectivity index (χ2n) is 8.89. The summed E-state index contributed by atoms with van der Waals surface area (Å²) in [5.74, 6) is 0. The molecule has 0 amide bonds. The van der Waals surface area contributed by atoms with Gasteiger partial charge in [0.15, 0.2) is 0 Å². The van der Waals surface area contributed by atoms with E-state index in [-0.39, 0.29) is 7.92 Å². The Labute approximate surface area is 166 Å². The highest BCUT2D eigenvalue weighted by Gasteiger charge is 2.34. The van der Waals surface area contributed by atoms with Gasteiger partial charge in [-0.15, -0.1) is 0 Å². The smallest absolute Gasteiger partial charge is 0.129 e. The van der Waals surface area contributed by atoms with Crippen LogP contribution in [0.5, 0.6) is 0 Å². The van der Waals surface area contributed by atoms with Crippen molar-refractivity contribution in [2.45, 2.75) is 96.3 Å². The number of rotatable bonds is 4. The summed E-state index contributed by atoms with van der Waals surface area (Å²) in [4.78, 5) is 8.86. The van der Waals surface area contributed by atoms with Crippen LogP contribution in [0.2, 0.25) is 0 Å². The highest BCUT2D eigenvalue weighted by molar-refractivity contribution is 7.66. The van der Waals surface area contributed by atoms with Crippen LogP contribution >= 0.6 is 7.92 Å². The first-order valence-electron chi connectivity index (χ1n) is 11.0. The normalized spacial score (nSPS) is 19.7. The summed E-state index contributed by atoms with van der Waals surface area (Å²) >= 11 is 0. The van der Waals surface area contributed by atoms with E-state index in [0.717, 1.165) is 11.3 Å². The topological polar surface area (TPSA) is 28.7 Å². The third kappa shape index (κ3) is 4.16. The average molecular weight is 383 g/mol. The number of nitrogens with zero attached hydrogens (tertiary/aromatic N) is 1. The van der Waals surface area contributed by atoms with Crippen LogP contribution in [0.25, 0.3) is 11.3 Å². The second-order valence-corrected chi connectivity index (χ2v) is 11.6. The molecule has 1 N–H and O–H groups in total. The first kappa shape index (κ1) is 19.2. The van der Waals surface area contributed by atoms with Crippen molar-refractivity contribution >= 4 is 13.5 Å². The summed E-state index contributed by atoms with van der Waals surface area (Å²) < 4.78 is 0. The fourth-order valence-corrected chi connectivity index (χ4v) is 9.11. The van der Waals surface area contributed by atoms with E-state index in [1.54, 1.807) is 0 Å². The number of aromatic nitrogens is 2. The molecular weight excluding hydrogens is 347 g/mol. The number of imidazole rings is 1. The number of aromatic amines is 1. The van der Waals surface area contributed by atoms with E-state index in [9.17, 15) is 0 Å². The highest BCUT2D eigenvalue weighted by atomic mass is 31.1. The molecule has 3 heteroatoms. The molecule has 1 aromatic heterocycles. The van der Waals surface area contributed by atoms with Gasteiger partial charge < -0.3 is 4.98 Å². The van der Waals surface area contributed by atoms with Crippen molar-refractivity contribution in [1.82, 2.24) is 9.97 Å². The van der Waals surface area contributed by atoms with Gasteiger partial charge >= 0.3 is 0 Å². The van der Waals surface area contributed by atoms with E-state index in [1.165, 1.54) is 97.7 Å². The molecule has 4 rings (SSSR count). The van der Waals surface area contributed by atoms with Crippen molar-refractivity contribution in [2.24, 2.45) is 0 Å². The molecule has 0 saturated heterocycles. The predicted molar refractivity (Wildman–Crippen MR) is 119 cm³/mol. The zero-order valence-electron chi connectivity index (χ0n) is 17.4. The lowest BCUT2D eigenvalue weighted by atomic mass is 9.98. The molecule has 2 aromatic rings. The number of benzene rings is 1. The molecule has 0 bridgehead atoms. The first-order valence-corrected chi connectivity index (χ1v) is 12.5. The zero-order chi connectivity index (χ0) is 18.8. The Kier molecular flexibility index (Phi) is 6.02. The largest absolute Gasteiger partial charge is 0.338 e. The van der Waals surface area contributed by atoms with Crippen LogP contribution in [-0.4, -0.2) is 21.3 Å². The lowest BCUT2D eigenvalue weighted by Gasteiger charge is -2.37.